The molecule has 0 spiro atoms. The molecule has 6 nitrogen and oxygen atoms in total. The van der Waals surface area contributed by atoms with Gasteiger partial charge in [-0.05, 0) is 37.1 Å². The maximum absolute atomic E-state index is 14.5. The minimum Gasteiger partial charge on any atom is -0.485 e. The molecule has 0 amide bonds. The lowest BCUT2D eigenvalue weighted by Crippen LogP contribution is -2.28. The number of aromatic nitrogens is 3. The number of hydrogen-bond acceptors (Lipinski definition) is 5. The predicted molar refractivity (Wildman–Crippen MR) is 115 cm³/mol. The Morgan fingerprint density at radius 2 is 2.19 bits per heavy atom. The molecule has 0 fully saturated rings. The van der Waals surface area contributed by atoms with Crippen LogP contribution in [0.4, 0.5) is 8.78 Å². The summed E-state index contributed by atoms with van der Waals surface area (Å²) in [5.41, 5.74) is 1.64. The van der Waals surface area contributed by atoms with Crippen LogP contribution < -0.4 is 10.3 Å². The number of ether oxygens (including phenoxy) is 1. The van der Waals surface area contributed by atoms with Crippen LogP contribution in [0.3, 0.4) is 0 Å². The number of fused-ring (bicyclic) bond motifs is 3. The molecule has 8 heteroatoms. The quantitative estimate of drug-likeness (QED) is 0.433. The molecule has 1 aliphatic heterocycles. The van der Waals surface area contributed by atoms with Gasteiger partial charge in [0.25, 0.3) is 5.56 Å². The number of pyridine rings is 3. The van der Waals surface area contributed by atoms with E-state index in [0.29, 0.717) is 22.6 Å². The van der Waals surface area contributed by atoms with Crippen LogP contribution in [0, 0.1) is 17.1 Å². The molecule has 32 heavy (non-hydrogen) atoms. The van der Waals surface area contributed by atoms with Crippen LogP contribution >= 0.6 is 0 Å². The van der Waals surface area contributed by atoms with Crippen molar-refractivity contribution in [1.82, 2.24) is 14.5 Å². The summed E-state index contributed by atoms with van der Waals surface area (Å²) in [4.78, 5) is 21.9. The third kappa shape index (κ3) is 3.48. The second-order valence-electron chi connectivity index (χ2n) is 7.01. The third-order valence-electron chi connectivity index (χ3n) is 5.23. The monoisotopic (exact) mass is 432 g/mol. The van der Waals surface area contributed by atoms with Crippen LogP contribution in [0.2, 0.25) is 0 Å². The van der Waals surface area contributed by atoms with Crippen molar-refractivity contribution in [3.05, 3.63) is 87.8 Å². The molecule has 0 aromatic carbocycles. The Kier molecular flexibility index (Phi) is 5.65. The van der Waals surface area contributed by atoms with Crippen LogP contribution in [0.25, 0.3) is 22.5 Å². The highest BCUT2D eigenvalue weighted by atomic mass is 19.1. The Morgan fingerprint density at radius 1 is 1.38 bits per heavy atom. The molecule has 1 aliphatic rings. The minimum atomic E-state index is -0.710. The van der Waals surface area contributed by atoms with Gasteiger partial charge in [-0.15, -0.1) is 0 Å². The first-order valence-electron chi connectivity index (χ1n) is 9.94. The fourth-order valence-corrected chi connectivity index (χ4v) is 3.77. The molecule has 3 aromatic heterocycles. The zero-order valence-corrected chi connectivity index (χ0v) is 17.4. The number of rotatable bonds is 4. The maximum atomic E-state index is 14.5. The molecule has 0 atom stereocenters. The lowest BCUT2D eigenvalue weighted by atomic mass is 9.94. The van der Waals surface area contributed by atoms with Gasteiger partial charge in [0.05, 0.1) is 29.3 Å². The summed E-state index contributed by atoms with van der Waals surface area (Å²) < 4.78 is 35.3. The lowest BCUT2D eigenvalue weighted by molar-refractivity contribution is 0.290. The fraction of sp³-hybridized carbons (Fsp3) is 0.167. The first kappa shape index (κ1) is 21.1. The summed E-state index contributed by atoms with van der Waals surface area (Å²) in [7, 11) is 0. The molecule has 4 rings (SSSR count). The topological polar surface area (TPSA) is 80.8 Å². The average molecular weight is 432 g/mol. The van der Waals surface area contributed by atoms with E-state index in [-0.39, 0.29) is 35.5 Å². The second kappa shape index (κ2) is 8.55. The van der Waals surface area contributed by atoms with E-state index in [1.807, 2.05) is 6.07 Å². The summed E-state index contributed by atoms with van der Waals surface area (Å²) in [6, 6.07) is 8.07. The van der Waals surface area contributed by atoms with E-state index < -0.39 is 17.2 Å². The molecule has 4 heterocycles. The van der Waals surface area contributed by atoms with Crippen LogP contribution in [0.5, 0.6) is 5.75 Å². The summed E-state index contributed by atoms with van der Waals surface area (Å²) in [5.74, 6) is -1.02. The standard InChI is InChI=1S/C24H18F2N4O2/c1-3-16(19(10-27)20(26)4-2)17-9-18-21(13-32-22-8-14(25)11-29-23(18)22)30(24(17)31)15-6-5-7-28-12-15/h4-9,11-12H,3,13H2,1-2H3/b19-16+,20-4+. The Balaban J connectivity index is 2.13. The Hall–Kier alpha value is -4.12. The van der Waals surface area contributed by atoms with Gasteiger partial charge in [-0.25, -0.2) is 13.8 Å². The molecule has 0 saturated carbocycles. The van der Waals surface area contributed by atoms with Crippen LogP contribution in [-0.2, 0) is 6.61 Å². The van der Waals surface area contributed by atoms with Crippen molar-refractivity contribution >= 4 is 5.57 Å². The smallest absolute Gasteiger partial charge is 0.263 e. The van der Waals surface area contributed by atoms with Gasteiger partial charge in [-0.2, -0.15) is 5.26 Å². The Bertz CT molecular complexity index is 1370. The van der Waals surface area contributed by atoms with E-state index in [0.717, 1.165) is 6.20 Å². The van der Waals surface area contributed by atoms with E-state index >= 15 is 0 Å². The summed E-state index contributed by atoms with van der Waals surface area (Å²) >= 11 is 0. The van der Waals surface area contributed by atoms with E-state index in [2.05, 4.69) is 9.97 Å². The van der Waals surface area contributed by atoms with Crippen molar-refractivity contribution in [3.63, 3.8) is 0 Å². The number of halogens is 2. The number of allylic oxidation sites excluding steroid dienone is 4. The highest BCUT2D eigenvalue weighted by Crippen LogP contribution is 2.38. The van der Waals surface area contributed by atoms with Crippen molar-refractivity contribution in [2.24, 2.45) is 0 Å². The molecular weight excluding hydrogens is 414 g/mol. The molecule has 0 saturated heterocycles. The molecule has 0 aliphatic carbocycles. The normalized spacial score (nSPS) is 13.4. The largest absolute Gasteiger partial charge is 0.485 e. The SMILES string of the molecule is C/C=C(F)\C(C#N)=C(/CC)c1cc2c(n(-c3cccnc3)c1=O)COc1cc(F)cnc1-2. The van der Waals surface area contributed by atoms with Crippen LogP contribution in [-0.4, -0.2) is 14.5 Å². The van der Waals surface area contributed by atoms with Gasteiger partial charge in [0.1, 0.15) is 35.8 Å². The van der Waals surface area contributed by atoms with Gasteiger partial charge in [-0.1, -0.05) is 13.0 Å². The molecule has 3 aromatic rings. The van der Waals surface area contributed by atoms with Gasteiger partial charge in [-0.3, -0.25) is 14.3 Å². The molecule has 0 N–H and O–H groups in total. The van der Waals surface area contributed by atoms with Gasteiger partial charge < -0.3 is 4.74 Å². The first-order chi connectivity index (χ1) is 15.5. The van der Waals surface area contributed by atoms with Gasteiger partial charge in [0, 0.05) is 23.4 Å². The van der Waals surface area contributed by atoms with Gasteiger partial charge in [0.2, 0.25) is 0 Å². The van der Waals surface area contributed by atoms with Crippen LogP contribution in [0.1, 0.15) is 31.5 Å². The highest BCUT2D eigenvalue weighted by Gasteiger charge is 2.27. The lowest BCUT2D eigenvalue weighted by Gasteiger charge is -2.25. The van der Waals surface area contributed by atoms with Crippen molar-refractivity contribution < 1.29 is 13.5 Å². The Morgan fingerprint density at radius 3 is 2.84 bits per heavy atom. The van der Waals surface area contributed by atoms with Crippen LogP contribution in [0.15, 0.2) is 65.1 Å². The molecular formula is C24H18F2N4O2. The van der Waals surface area contributed by atoms with E-state index in [1.54, 1.807) is 31.3 Å². The van der Waals surface area contributed by atoms with Crippen molar-refractivity contribution in [1.29, 1.82) is 5.26 Å². The fourth-order valence-electron chi connectivity index (χ4n) is 3.77. The van der Waals surface area contributed by atoms with E-state index in [1.165, 1.54) is 29.8 Å². The summed E-state index contributed by atoms with van der Waals surface area (Å²) in [6.07, 6.45) is 5.58. The number of hydrogen-bond donors (Lipinski definition) is 0. The van der Waals surface area contributed by atoms with Crippen molar-refractivity contribution in [2.75, 3.05) is 0 Å². The van der Waals surface area contributed by atoms with Gasteiger partial charge in [0.15, 0.2) is 0 Å². The van der Waals surface area contributed by atoms with Crippen molar-refractivity contribution in [2.45, 2.75) is 26.9 Å². The van der Waals surface area contributed by atoms with Crippen molar-refractivity contribution in [3.8, 4) is 28.8 Å². The van der Waals surface area contributed by atoms with E-state index in [4.69, 9.17) is 4.74 Å². The molecule has 0 unspecified atom stereocenters. The first-order valence-corrected chi connectivity index (χ1v) is 9.94. The zero-order valence-electron chi connectivity index (χ0n) is 17.4. The summed E-state index contributed by atoms with van der Waals surface area (Å²) in [6.45, 7) is 3.22. The number of nitriles is 1. The van der Waals surface area contributed by atoms with E-state index in [9.17, 15) is 18.8 Å². The maximum Gasteiger partial charge on any atom is 0.263 e. The third-order valence-corrected chi connectivity index (χ3v) is 5.23. The highest BCUT2D eigenvalue weighted by molar-refractivity contribution is 5.80. The summed E-state index contributed by atoms with van der Waals surface area (Å²) in [5, 5.41) is 9.61. The minimum absolute atomic E-state index is 0.00259. The molecule has 160 valence electrons. The van der Waals surface area contributed by atoms with Gasteiger partial charge >= 0.3 is 0 Å². The zero-order chi connectivity index (χ0) is 22.8. The molecule has 0 bridgehead atoms. The molecule has 0 radical (unpaired) electrons. The predicted octanol–water partition coefficient (Wildman–Crippen LogP) is 4.89. The second-order valence-corrected chi connectivity index (χ2v) is 7.01. The number of nitrogens with zero attached hydrogens (tertiary/aromatic N) is 4. The Labute approximate surface area is 182 Å². The average Bonchev–Trinajstić information content (AvgIpc) is 2.82.